The van der Waals surface area contributed by atoms with Gasteiger partial charge in [0, 0.05) is 5.56 Å². The summed E-state index contributed by atoms with van der Waals surface area (Å²) in [5, 5.41) is 12.6. The molecule has 0 unspecified atom stereocenters. The largest absolute Gasteiger partial charge is 0.624 e. The maximum atomic E-state index is 12.6. The Morgan fingerprint density at radius 2 is 1.78 bits per heavy atom. The molecule has 1 aliphatic rings. The molecule has 0 N–H and O–H groups in total. The molecule has 0 saturated carbocycles. The molecule has 1 heterocycles. The maximum Gasteiger partial charge on any atom is 0.183 e. The van der Waals surface area contributed by atoms with Crippen molar-refractivity contribution in [1.29, 1.82) is 0 Å². The van der Waals surface area contributed by atoms with Crippen LogP contribution in [0, 0.1) is 5.21 Å². The second-order valence-electron chi connectivity index (χ2n) is 7.88. The number of ether oxygens (including phenoxy) is 4. The van der Waals surface area contributed by atoms with Crippen molar-refractivity contribution in [2.45, 2.75) is 84.4 Å². The van der Waals surface area contributed by atoms with Gasteiger partial charge in [0.25, 0.3) is 0 Å². The third kappa shape index (κ3) is 7.22. The van der Waals surface area contributed by atoms with Gasteiger partial charge in [-0.3, -0.25) is 0 Å². The molecule has 1 aliphatic heterocycles. The molecule has 0 aromatic heterocycles. The van der Waals surface area contributed by atoms with Crippen LogP contribution in [0.4, 0.5) is 0 Å². The van der Waals surface area contributed by atoms with Gasteiger partial charge < -0.3 is 24.2 Å². The van der Waals surface area contributed by atoms with Gasteiger partial charge in [-0.15, -0.1) is 0 Å². The van der Waals surface area contributed by atoms with Crippen molar-refractivity contribution < 1.29 is 23.7 Å². The summed E-state index contributed by atoms with van der Waals surface area (Å²) in [5.41, 5.74) is 0.940. The van der Waals surface area contributed by atoms with Crippen LogP contribution in [0.25, 0.3) is 0 Å². The fraction of sp³-hybridized carbons (Fsp3) is 0.667. The number of benzene rings is 1. The molecule has 1 saturated heterocycles. The van der Waals surface area contributed by atoms with Crippen LogP contribution >= 0.6 is 0 Å². The molecule has 0 spiro atoms. The first kappa shape index (κ1) is 21.8. The highest BCUT2D eigenvalue weighted by Crippen LogP contribution is 2.28. The minimum absolute atomic E-state index is 0.0387. The highest BCUT2D eigenvalue weighted by molar-refractivity contribution is 5.59. The summed E-state index contributed by atoms with van der Waals surface area (Å²) in [6.45, 7) is 12.2. The molecular weight excluding hydrogens is 346 g/mol. The van der Waals surface area contributed by atoms with Crippen molar-refractivity contribution in [3.8, 4) is 0 Å². The van der Waals surface area contributed by atoms with Crippen LogP contribution in [0.3, 0.4) is 0 Å². The van der Waals surface area contributed by atoms with Crippen molar-refractivity contribution in [3.63, 3.8) is 0 Å². The summed E-state index contributed by atoms with van der Waals surface area (Å²) in [7, 11) is 0. The Bertz CT molecular complexity index is 600. The van der Waals surface area contributed by atoms with E-state index in [0.717, 1.165) is 10.3 Å². The van der Waals surface area contributed by atoms with Crippen LogP contribution in [0.2, 0.25) is 0 Å². The summed E-state index contributed by atoms with van der Waals surface area (Å²) in [6.07, 6.45) is 0.146. The lowest BCUT2D eigenvalue weighted by Crippen LogP contribution is -2.47. The number of hydrogen-bond acceptors (Lipinski definition) is 5. The zero-order valence-corrected chi connectivity index (χ0v) is 17.3. The molecular formula is C21H33NO5. The lowest BCUT2D eigenvalue weighted by molar-refractivity contribution is -0.473. The predicted octanol–water partition coefficient (Wildman–Crippen LogP) is 3.51. The van der Waals surface area contributed by atoms with Crippen molar-refractivity contribution in [2.75, 3.05) is 6.61 Å². The molecule has 3 atom stereocenters. The van der Waals surface area contributed by atoms with Gasteiger partial charge >= 0.3 is 0 Å². The quantitative estimate of drug-likeness (QED) is 0.284. The maximum absolute atomic E-state index is 12.6. The van der Waals surface area contributed by atoms with Crippen LogP contribution in [0.15, 0.2) is 30.3 Å². The highest BCUT2D eigenvalue weighted by Gasteiger charge is 2.43. The Morgan fingerprint density at radius 1 is 1.15 bits per heavy atom. The van der Waals surface area contributed by atoms with Gasteiger partial charge in [-0.25, -0.2) is 4.74 Å². The summed E-state index contributed by atoms with van der Waals surface area (Å²) >= 11 is 0. The van der Waals surface area contributed by atoms with Gasteiger partial charge in [0.1, 0.15) is 12.2 Å². The lowest BCUT2D eigenvalue weighted by atomic mass is 10.1. The molecule has 2 rings (SSSR count). The zero-order valence-electron chi connectivity index (χ0n) is 17.3. The average molecular weight is 379 g/mol. The van der Waals surface area contributed by atoms with Gasteiger partial charge in [-0.05, 0) is 41.5 Å². The van der Waals surface area contributed by atoms with Gasteiger partial charge in [0.05, 0.1) is 18.8 Å². The van der Waals surface area contributed by atoms with E-state index in [1.807, 2.05) is 71.9 Å². The number of hydrogen-bond donors (Lipinski definition) is 0. The van der Waals surface area contributed by atoms with Crippen molar-refractivity contribution in [1.82, 2.24) is 0 Å². The molecule has 152 valence electrons. The number of nitrogens with zero attached hydrogens (tertiary/aromatic N) is 1. The van der Waals surface area contributed by atoms with E-state index in [1.165, 1.54) is 0 Å². The summed E-state index contributed by atoms with van der Waals surface area (Å²) in [4.78, 5) is 0. The topological polar surface area (TPSA) is 63.0 Å². The Morgan fingerprint density at radius 3 is 2.30 bits per heavy atom. The molecule has 1 fully saturated rings. The first-order chi connectivity index (χ1) is 12.7. The summed E-state index contributed by atoms with van der Waals surface area (Å²) in [5.74, 6) is -0.674. The van der Waals surface area contributed by atoms with Crippen molar-refractivity contribution in [2.24, 2.45) is 0 Å². The minimum atomic E-state index is -0.674. The monoisotopic (exact) mass is 379 g/mol. The molecule has 6 nitrogen and oxygen atoms in total. The van der Waals surface area contributed by atoms with E-state index >= 15 is 0 Å². The zero-order chi connectivity index (χ0) is 20.0. The Balaban J connectivity index is 2.22. The second-order valence-corrected chi connectivity index (χ2v) is 7.88. The second kappa shape index (κ2) is 9.64. The standard InChI is InChI=1S/C21H33NO5/c1-15(2)25-18(13-22(23)12-17-10-8-7-9-11-17)20(26-16(3)4)19-14-24-21(5,6)27-19/h7-11,13,15-16,18-20H,12,14H2,1-6H3/b22-13+/t18-,19+,20+/m0/s1. The van der Waals surface area contributed by atoms with Crippen LogP contribution in [0.1, 0.15) is 47.1 Å². The summed E-state index contributed by atoms with van der Waals surface area (Å²) < 4.78 is 24.8. The fourth-order valence-electron chi connectivity index (χ4n) is 3.06. The van der Waals surface area contributed by atoms with E-state index in [0.29, 0.717) is 6.61 Å². The van der Waals surface area contributed by atoms with Gasteiger partial charge in [-0.2, -0.15) is 0 Å². The Hall–Kier alpha value is -1.47. The SMILES string of the molecule is CC(C)O[C@H]([C@H](/C=[N+](/[O-])Cc1ccccc1)OC(C)C)[C@H]1COC(C)(C)O1. The van der Waals surface area contributed by atoms with Crippen LogP contribution < -0.4 is 0 Å². The first-order valence-corrected chi connectivity index (χ1v) is 9.61. The minimum Gasteiger partial charge on any atom is -0.624 e. The fourth-order valence-corrected chi connectivity index (χ4v) is 3.06. The molecule has 6 heteroatoms. The van der Waals surface area contributed by atoms with E-state index in [2.05, 4.69) is 0 Å². The molecule has 0 radical (unpaired) electrons. The third-order valence-electron chi connectivity index (χ3n) is 4.07. The molecule has 0 bridgehead atoms. The van der Waals surface area contributed by atoms with E-state index in [1.54, 1.807) is 6.21 Å². The predicted molar refractivity (Wildman–Crippen MR) is 105 cm³/mol. The van der Waals surface area contributed by atoms with Crippen LogP contribution in [-0.4, -0.2) is 53.9 Å². The third-order valence-corrected chi connectivity index (χ3v) is 4.07. The number of hydroxylamine groups is 1. The molecule has 0 aliphatic carbocycles. The summed E-state index contributed by atoms with van der Waals surface area (Å²) in [6, 6.07) is 9.62. The first-order valence-electron chi connectivity index (χ1n) is 9.61. The molecule has 0 amide bonds. The Labute approximate surface area is 162 Å². The van der Waals surface area contributed by atoms with E-state index < -0.39 is 18.0 Å². The van der Waals surface area contributed by atoms with E-state index in [4.69, 9.17) is 18.9 Å². The molecule has 27 heavy (non-hydrogen) atoms. The van der Waals surface area contributed by atoms with E-state index in [9.17, 15) is 5.21 Å². The smallest absolute Gasteiger partial charge is 0.183 e. The van der Waals surface area contributed by atoms with E-state index in [-0.39, 0.29) is 24.9 Å². The Kier molecular flexibility index (Phi) is 7.79. The lowest BCUT2D eigenvalue weighted by Gasteiger charge is -2.31. The van der Waals surface area contributed by atoms with Gasteiger partial charge in [0.15, 0.2) is 24.7 Å². The van der Waals surface area contributed by atoms with Crippen molar-refractivity contribution in [3.05, 3.63) is 41.1 Å². The van der Waals surface area contributed by atoms with Gasteiger partial charge in [0.2, 0.25) is 0 Å². The average Bonchev–Trinajstić information content (AvgIpc) is 2.92. The van der Waals surface area contributed by atoms with Gasteiger partial charge in [-0.1, -0.05) is 30.3 Å². The van der Waals surface area contributed by atoms with Crippen LogP contribution in [0.5, 0.6) is 0 Å². The molecule has 1 aromatic carbocycles. The normalized spacial score (nSPS) is 22.4. The van der Waals surface area contributed by atoms with Crippen LogP contribution in [-0.2, 0) is 25.5 Å². The van der Waals surface area contributed by atoms with Crippen molar-refractivity contribution >= 4 is 6.21 Å². The highest BCUT2D eigenvalue weighted by atomic mass is 16.8. The number of rotatable bonds is 9. The molecule has 1 aromatic rings.